The van der Waals surface area contributed by atoms with E-state index in [0.29, 0.717) is 17.2 Å². The summed E-state index contributed by atoms with van der Waals surface area (Å²) in [4.78, 5) is 34.9. The summed E-state index contributed by atoms with van der Waals surface area (Å²) in [7, 11) is 0. The maximum absolute atomic E-state index is 12.6. The van der Waals surface area contributed by atoms with Crippen molar-refractivity contribution in [2.45, 2.75) is 31.6 Å². The van der Waals surface area contributed by atoms with Gasteiger partial charge in [0.05, 0.1) is 0 Å². The van der Waals surface area contributed by atoms with Gasteiger partial charge in [-0.15, -0.1) is 0 Å². The fraction of sp³-hybridized carbons (Fsp3) is 0.318. The van der Waals surface area contributed by atoms with Crippen molar-refractivity contribution >= 4 is 23.5 Å². The van der Waals surface area contributed by atoms with Crippen LogP contribution in [0.2, 0.25) is 0 Å². The van der Waals surface area contributed by atoms with Gasteiger partial charge in [0.25, 0.3) is 5.91 Å². The van der Waals surface area contributed by atoms with Crippen molar-refractivity contribution in [3.05, 3.63) is 65.7 Å². The lowest BCUT2D eigenvalue weighted by Gasteiger charge is -2.28. The van der Waals surface area contributed by atoms with Gasteiger partial charge in [0.15, 0.2) is 0 Å². The van der Waals surface area contributed by atoms with Gasteiger partial charge in [-0.25, -0.2) is 0 Å². The monoisotopic (exact) mass is 380 g/mol. The van der Waals surface area contributed by atoms with Crippen molar-refractivity contribution in [3.63, 3.8) is 0 Å². The summed E-state index contributed by atoms with van der Waals surface area (Å²) in [5, 5.41) is 13.8. The highest BCUT2D eigenvalue weighted by Gasteiger charge is 2.27. The maximum atomic E-state index is 12.6. The number of nitrogens with one attached hydrogen (secondary N) is 2. The lowest BCUT2D eigenvalue weighted by Crippen LogP contribution is -2.29. The molecule has 0 bridgehead atoms. The minimum Gasteiger partial charge on any atom is -0.480 e. The quantitative estimate of drug-likeness (QED) is 0.716. The highest BCUT2D eigenvalue weighted by atomic mass is 16.4. The molecule has 1 aliphatic carbocycles. The van der Waals surface area contributed by atoms with Gasteiger partial charge in [-0.05, 0) is 61.4 Å². The van der Waals surface area contributed by atoms with Crippen LogP contribution < -0.4 is 10.6 Å². The smallest absolute Gasteiger partial charge is 0.322 e. The van der Waals surface area contributed by atoms with E-state index in [0.717, 1.165) is 25.7 Å². The first-order valence-electron chi connectivity index (χ1n) is 9.49. The van der Waals surface area contributed by atoms with Gasteiger partial charge >= 0.3 is 5.97 Å². The predicted molar refractivity (Wildman–Crippen MR) is 106 cm³/mol. The number of hydrogen-bond donors (Lipinski definition) is 3. The third-order valence-electron chi connectivity index (χ3n) is 5.18. The van der Waals surface area contributed by atoms with Crippen molar-refractivity contribution in [2.24, 2.45) is 5.92 Å². The Morgan fingerprint density at radius 3 is 2.14 bits per heavy atom. The zero-order valence-electron chi connectivity index (χ0n) is 15.6. The summed E-state index contributed by atoms with van der Waals surface area (Å²) >= 11 is 0. The highest BCUT2D eigenvalue weighted by molar-refractivity contribution is 5.97. The minimum atomic E-state index is -1.10. The molecule has 0 aromatic heterocycles. The van der Waals surface area contributed by atoms with Crippen LogP contribution in [-0.2, 0) is 9.59 Å². The summed E-state index contributed by atoms with van der Waals surface area (Å²) in [6.07, 6.45) is 3.73. The van der Waals surface area contributed by atoms with Crippen LogP contribution in [0, 0.1) is 5.92 Å². The van der Waals surface area contributed by atoms with E-state index < -0.39 is 18.4 Å². The van der Waals surface area contributed by atoms with Crippen LogP contribution in [0.4, 0.5) is 5.69 Å². The second-order valence-electron chi connectivity index (χ2n) is 7.10. The Labute approximate surface area is 164 Å². The van der Waals surface area contributed by atoms with Crippen LogP contribution >= 0.6 is 0 Å². The van der Waals surface area contributed by atoms with E-state index in [1.807, 2.05) is 6.07 Å². The molecule has 2 aromatic carbocycles. The zero-order valence-corrected chi connectivity index (χ0v) is 15.6. The topological polar surface area (TPSA) is 95.5 Å². The minimum absolute atomic E-state index is 0.00139. The first-order chi connectivity index (χ1) is 13.5. The number of amides is 2. The number of carbonyl (C=O) groups is 3. The molecule has 0 spiro atoms. The standard InChI is InChI=1S/C22H24N2O4/c25-20(26)14-23-21(27)17-10-12-19(13-11-17)24-22(28)18-8-6-16(7-9-18)15-4-2-1-3-5-15/h1-5,10-13,16,18H,6-9,14H2,(H,23,27)(H,24,28)(H,25,26). The Balaban J connectivity index is 1.50. The summed E-state index contributed by atoms with van der Waals surface area (Å²) in [6.45, 7) is -0.428. The fourth-order valence-electron chi connectivity index (χ4n) is 3.62. The fourth-order valence-corrected chi connectivity index (χ4v) is 3.62. The molecule has 0 unspecified atom stereocenters. The second kappa shape index (κ2) is 9.17. The van der Waals surface area contributed by atoms with Crippen molar-refractivity contribution < 1.29 is 19.5 Å². The molecule has 6 heteroatoms. The Hall–Kier alpha value is -3.15. The van der Waals surface area contributed by atoms with Gasteiger partial charge in [0.2, 0.25) is 5.91 Å². The Bertz CT molecular complexity index is 825. The molecule has 28 heavy (non-hydrogen) atoms. The van der Waals surface area contributed by atoms with E-state index in [9.17, 15) is 14.4 Å². The first-order valence-corrected chi connectivity index (χ1v) is 9.49. The zero-order chi connectivity index (χ0) is 19.9. The van der Waals surface area contributed by atoms with Crippen LogP contribution in [0.5, 0.6) is 0 Å². The first kappa shape index (κ1) is 19.6. The van der Waals surface area contributed by atoms with Crippen molar-refractivity contribution in [2.75, 3.05) is 11.9 Å². The molecule has 3 rings (SSSR count). The summed E-state index contributed by atoms with van der Waals surface area (Å²) < 4.78 is 0. The molecule has 1 fully saturated rings. The molecule has 1 aliphatic rings. The number of carboxylic acids is 1. The average Bonchev–Trinajstić information content (AvgIpc) is 2.73. The maximum Gasteiger partial charge on any atom is 0.322 e. The number of anilines is 1. The molecular formula is C22H24N2O4. The van der Waals surface area contributed by atoms with Crippen LogP contribution in [0.25, 0.3) is 0 Å². The lowest BCUT2D eigenvalue weighted by atomic mass is 9.78. The van der Waals surface area contributed by atoms with Gasteiger partial charge in [0, 0.05) is 17.2 Å². The van der Waals surface area contributed by atoms with Crippen LogP contribution in [0.15, 0.2) is 54.6 Å². The molecule has 6 nitrogen and oxygen atoms in total. The third kappa shape index (κ3) is 5.19. The van der Waals surface area contributed by atoms with E-state index in [2.05, 4.69) is 34.9 Å². The molecule has 1 saturated carbocycles. The SMILES string of the molecule is O=C(O)CNC(=O)c1ccc(NC(=O)C2CCC(c3ccccc3)CC2)cc1. The van der Waals surface area contributed by atoms with Crippen LogP contribution in [0.1, 0.15) is 47.5 Å². The predicted octanol–water partition coefficient (Wildman–Crippen LogP) is 3.41. The van der Waals surface area contributed by atoms with E-state index in [-0.39, 0.29) is 11.8 Å². The summed E-state index contributed by atoms with van der Waals surface area (Å²) in [6, 6.07) is 16.9. The van der Waals surface area contributed by atoms with E-state index >= 15 is 0 Å². The molecule has 146 valence electrons. The Morgan fingerprint density at radius 2 is 1.54 bits per heavy atom. The third-order valence-corrected chi connectivity index (χ3v) is 5.18. The lowest BCUT2D eigenvalue weighted by molar-refractivity contribution is -0.135. The number of rotatable bonds is 6. The number of benzene rings is 2. The van der Waals surface area contributed by atoms with E-state index in [4.69, 9.17) is 5.11 Å². The summed E-state index contributed by atoms with van der Waals surface area (Å²) in [5.74, 6) is -1.03. The number of carbonyl (C=O) groups excluding carboxylic acids is 2. The molecule has 2 amide bonds. The normalized spacial score (nSPS) is 18.9. The Kier molecular flexibility index (Phi) is 6.42. The van der Waals surface area contributed by atoms with Gasteiger partial charge in [-0.1, -0.05) is 30.3 Å². The average molecular weight is 380 g/mol. The molecule has 0 radical (unpaired) electrons. The van der Waals surface area contributed by atoms with Crippen molar-refractivity contribution in [1.29, 1.82) is 0 Å². The highest BCUT2D eigenvalue weighted by Crippen LogP contribution is 2.36. The number of carboxylic acid groups (broad SMARTS) is 1. The Morgan fingerprint density at radius 1 is 0.893 bits per heavy atom. The van der Waals surface area contributed by atoms with Gasteiger partial charge in [-0.3, -0.25) is 14.4 Å². The number of aliphatic carboxylic acids is 1. The molecule has 0 atom stereocenters. The molecule has 0 aliphatic heterocycles. The van der Waals surface area contributed by atoms with Gasteiger partial charge in [0.1, 0.15) is 6.54 Å². The second-order valence-corrected chi connectivity index (χ2v) is 7.10. The number of hydrogen-bond acceptors (Lipinski definition) is 3. The molecular weight excluding hydrogens is 356 g/mol. The molecule has 0 saturated heterocycles. The van der Waals surface area contributed by atoms with Crippen LogP contribution in [-0.4, -0.2) is 29.4 Å². The van der Waals surface area contributed by atoms with Crippen LogP contribution in [0.3, 0.4) is 0 Å². The van der Waals surface area contributed by atoms with Crippen molar-refractivity contribution in [3.8, 4) is 0 Å². The molecule has 2 aromatic rings. The molecule has 0 heterocycles. The van der Waals surface area contributed by atoms with E-state index in [1.165, 1.54) is 5.56 Å². The van der Waals surface area contributed by atoms with Gasteiger partial charge < -0.3 is 15.7 Å². The van der Waals surface area contributed by atoms with Gasteiger partial charge in [-0.2, -0.15) is 0 Å². The molecule has 3 N–H and O–H groups in total. The largest absolute Gasteiger partial charge is 0.480 e. The summed E-state index contributed by atoms with van der Waals surface area (Å²) in [5.41, 5.74) is 2.32. The van der Waals surface area contributed by atoms with Crippen molar-refractivity contribution in [1.82, 2.24) is 5.32 Å². The van der Waals surface area contributed by atoms with E-state index in [1.54, 1.807) is 24.3 Å².